The molecule has 6 nitrogen and oxygen atoms in total. The molecule has 0 saturated carbocycles. The summed E-state index contributed by atoms with van der Waals surface area (Å²) < 4.78 is 5.57. The van der Waals surface area contributed by atoms with Crippen LogP contribution in [0.25, 0.3) is 0 Å². The summed E-state index contributed by atoms with van der Waals surface area (Å²) in [6.07, 6.45) is 1.62. The van der Waals surface area contributed by atoms with Gasteiger partial charge < -0.3 is 14.5 Å². The van der Waals surface area contributed by atoms with Crippen molar-refractivity contribution in [2.45, 2.75) is 39.7 Å². The second kappa shape index (κ2) is 8.63. The fourth-order valence-corrected chi connectivity index (χ4v) is 2.74. The van der Waals surface area contributed by atoms with Gasteiger partial charge in [-0.15, -0.1) is 0 Å². The van der Waals surface area contributed by atoms with Crippen LogP contribution in [0, 0.1) is 18.3 Å². The number of anilines is 1. The number of quaternary nitrogens is 1. The van der Waals surface area contributed by atoms with Crippen LogP contribution in [0.3, 0.4) is 0 Å². The van der Waals surface area contributed by atoms with Crippen molar-refractivity contribution >= 4 is 17.6 Å². The first-order valence-electron chi connectivity index (χ1n) is 8.49. The third-order valence-corrected chi connectivity index (χ3v) is 4.01. The Kier molecular flexibility index (Phi) is 7.13. The number of carbonyl (C=O) groups excluding carboxylic acids is 2. The number of likely N-dealkylation sites (N-methyl/N-ethyl adjacent to an activating group) is 1. The summed E-state index contributed by atoms with van der Waals surface area (Å²) in [5, 5.41) is 12.0. The molecular weight excluding hydrogens is 318 g/mol. The third-order valence-electron chi connectivity index (χ3n) is 4.01. The van der Waals surface area contributed by atoms with Gasteiger partial charge in [0.25, 0.3) is 5.91 Å². The maximum Gasteiger partial charge on any atom is 0.340 e. The minimum absolute atomic E-state index is 0.146. The zero-order chi connectivity index (χ0) is 19.2. The van der Waals surface area contributed by atoms with Gasteiger partial charge in [0.2, 0.25) is 0 Å². The van der Waals surface area contributed by atoms with Crippen LogP contribution in [-0.2, 0) is 9.53 Å². The van der Waals surface area contributed by atoms with Crippen LogP contribution in [0.15, 0.2) is 12.1 Å². The molecule has 1 aromatic rings. The first-order valence-corrected chi connectivity index (χ1v) is 8.49. The highest BCUT2D eigenvalue weighted by Crippen LogP contribution is 2.25. The van der Waals surface area contributed by atoms with Gasteiger partial charge in [-0.2, -0.15) is 5.26 Å². The lowest BCUT2D eigenvalue weighted by Crippen LogP contribution is -2.51. The first-order chi connectivity index (χ1) is 11.6. The van der Waals surface area contributed by atoms with Gasteiger partial charge >= 0.3 is 5.97 Å². The van der Waals surface area contributed by atoms with Crippen LogP contribution in [0.5, 0.6) is 0 Å². The SMILES string of the molecule is CCCC(C(=O)Nc1c(C)cc(C#N)cc1C(=O)OCC)[N+](C)(C)C. The predicted molar refractivity (Wildman–Crippen MR) is 97.2 cm³/mol. The number of carbonyl (C=O) groups is 2. The van der Waals surface area contributed by atoms with Crippen molar-refractivity contribution in [2.75, 3.05) is 33.1 Å². The standard InChI is InChI=1S/C19H27N3O3/c1-7-9-16(22(4,5)6)18(23)21-17-13(3)10-14(12-20)11-15(17)19(24)25-8-2/h10-11,16H,7-9H2,1-6H3/p+1. The van der Waals surface area contributed by atoms with Crippen molar-refractivity contribution in [3.8, 4) is 6.07 Å². The van der Waals surface area contributed by atoms with E-state index in [1.165, 1.54) is 6.07 Å². The Morgan fingerprint density at radius 2 is 1.92 bits per heavy atom. The number of ether oxygens (including phenoxy) is 1. The van der Waals surface area contributed by atoms with Gasteiger partial charge in [-0.1, -0.05) is 6.92 Å². The Morgan fingerprint density at radius 3 is 2.40 bits per heavy atom. The molecule has 25 heavy (non-hydrogen) atoms. The largest absolute Gasteiger partial charge is 0.462 e. The fraction of sp³-hybridized carbons (Fsp3) is 0.526. The second-order valence-electron chi connectivity index (χ2n) is 6.96. The third kappa shape index (κ3) is 5.30. The molecule has 6 heteroatoms. The molecule has 1 aromatic carbocycles. The molecule has 1 unspecified atom stereocenters. The molecule has 0 saturated heterocycles. The molecule has 0 aliphatic rings. The summed E-state index contributed by atoms with van der Waals surface area (Å²) in [6, 6.07) is 4.90. The number of nitrogens with zero attached hydrogens (tertiary/aromatic N) is 2. The summed E-state index contributed by atoms with van der Waals surface area (Å²) in [5.41, 5.74) is 1.64. The number of benzene rings is 1. The van der Waals surface area contributed by atoms with E-state index in [0.29, 0.717) is 21.3 Å². The van der Waals surface area contributed by atoms with E-state index in [0.717, 1.165) is 12.8 Å². The Bertz CT molecular complexity index is 684. The van der Waals surface area contributed by atoms with Crippen molar-refractivity contribution in [3.63, 3.8) is 0 Å². The van der Waals surface area contributed by atoms with Crippen LogP contribution < -0.4 is 5.32 Å². The van der Waals surface area contributed by atoms with E-state index in [-0.39, 0.29) is 24.1 Å². The molecule has 0 spiro atoms. The molecule has 0 aliphatic heterocycles. The summed E-state index contributed by atoms with van der Waals surface area (Å²) >= 11 is 0. The minimum atomic E-state index is -0.546. The molecule has 0 radical (unpaired) electrons. The Balaban J connectivity index is 3.30. The average molecular weight is 346 g/mol. The smallest absolute Gasteiger partial charge is 0.340 e. The Labute approximate surface area is 150 Å². The average Bonchev–Trinajstić information content (AvgIpc) is 2.53. The summed E-state index contributed by atoms with van der Waals surface area (Å²) in [7, 11) is 5.91. The van der Waals surface area contributed by atoms with E-state index in [4.69, 9.17) is 10.00 Å². The second-order valence-corrected chi connectivity index (χ2v) is 6.96. The summed E-state index contributed by atoms with van der Waals surface area (Å²) in [4.78, 5) is 25.1. The zero-order valence-electron chi connectivity index (χ0n) is 16.0. The summed E-state index contributed by atoms with van der Waals surface area (Å²) in [5.74, 6) is -0.692. The highest BCUT2D eigenvalue weighted by molar-refractivity contribution is 6.03. The zero-order valence-corrected chi connectivity index (χ0v) is 16.0. The monoisotopic (exact) mass is 346 g/mol. The summed E-state index contributed by atoms with van der Waals surface area (Å²) in [6.45, 7) is 5.73. The molecule has 1 N–H and O–H groups in total. The molecule has 1 rings (SSSR count). The van der Waals surface area contributed by atoms with E-state index < -0.39 is 5.97 Å². The van der Waals surface area contributed by atoms with Crippen molar-refractivity contribution in [1.29, 1.82) is 5.26 Å². The predicted octanol–water partition coefficient (Wildman–Crippen LogP) is 2.86. The van der Waals surface area contributed by atoms with Gasteiger partial charge in [0.15, 0.2) is 6.04 Å². The number of esters is 1. The van der Waals surface area contributed by atoms with Gasteiger partial charge in [0.1, 0.15) is 0 Å². The minimum Gasteiger partial charge on any atom is -0.462 e. The normalized spacial score (nSPS) is 12.2. The maximum atomic E-state index is 12.8. The van der Waals surface area contributed by atoms with Crippen LogP contribution in [0.4, 0.5) is 5.69 Å². The van der Waals surface area contributed by atoms with Gasteiger partial charge in [0.05, 0.1) is 50.6 Å². The van der Waals surface area contributed by atoms with E-state index in [1.54, 1.807) is 19.9 Å². The van der Waals surface area contributed by atoms with Gasteiger partial charge in [-0.05, 0) is 38.0 Å². The van der Waals surface area contributed by atoms with E-state index in [1.807, 2.05) is 34.1 Å². The molecule has 1 atom stereocenters. The number of hydrogen-bond donors (Lipinski definition) is 1. The highest BCUT2D eigenvalue weighted by atomic mass is 16.5. The van der Waals surface area contributed by atoms with E-state index in [9.17, 15) is 9.59 Å². The number of hydrogen-bond acceptors (Lipinski definition) is 4. The van der Waals surface area contributed by atoms with Crippen LogP contribution in [0.1, 0.15) is 48.2 Å². The van der Waals surface area contributed by atoms with E-state index in [2.05, 4.69) is 5.32 Å². The highest BCUT2D eigenvalue weighted by Gasteiger charge is 2.32. The number of nitrogens with one attached hydrogen (secondary N) is 1. The molecule has 0 aromatic heterocycles. The van der Waals surface area contributed by atoms with Gasteiger partial charge in [-0.25, -0.2) is 4.79 Å². The van der Waals surface area contributed by atoms with E-state index >= 15 is 0 Å². The maximum absolute atomic E-state index is 12.8. The number of aryl methyl sites for hydroxylation is 1. The first kappa shape index (κ1) is 20.7. The van der Waals surface area contributed by atoms with Crippen LogP contribution in [0.2, 0.25) is 0 Å². The Morgan fingerprint density at radius 1 is 1.28 bits per heavy atom. The molecule has 0 aliphatic carbocycles. The Hall–Kier alpha value is -2.39. The van der Waals surface area contributed by atoms with Crippen molar-refractivity contribution in [2.24, 2.45) is 0 Å². The fourth-order valence-electron chi connectivity index (χ4n) is 2.74. The molecule has 0 fully saturated rings. The number of rotatable bonds is 7. The van der Waals surface area contributed by atoms with Crippen molar-refractivity contribution < 1.29 is 18.8 Å². The van der Waals surface area contributed by atoms with Crippen molar-refractivity contribution in [3.05, 3.63) is 28.8 Å². The lowest BCUT2D eigenvalue weighted by atomic mass is 10.0. The van der Waals surface area contributed by atoms with Crippen LogP contribution >= 0.6 is 0 Å². The van der Waals surface area contributed by atoms with Gasteiger partial charge in [-0.3, -0.25) is 4.79 Å². The number of amides is 1. The van der Waals surface area contributed by atoms with Crippen LogP contribution in [-0.4, -0.2) is 50.2 Å². The van der Waals surface area contributed by atoms with Crippen molar-refractivity contribution in [1.82, 2.24) is 0 Å². The molecule has 0 heterocycles. The molecular formula is C19H28N3O3+. The lowest BCUT2D eigenvalue weighted by molar-refractivity contribution is -0.886. The molecule has 136 valence electrons. The molecule has 1 amide bonds. The lowest BCUT2D eigenvalue weighted by Gasteiger charge is -2.33. The molecule has 0 bridgehead atoms. The van der Waals surface area contributed by atoms with Gasteiger partial charge in [0, 0.05) is 6.42 Å². The quantitative estimate of drug-likeness (QED) is 0.608. The number of nitriles is 1. The topological polar surface area (TPSA) is 79.2 Å².